The number of rotatable bonds is 8. The van der Waals surface area contributed by atoms with E-state index < -0.39 is 9.84 Å². The van der Waals surface area contributed by atoms with Crippen molar-refractivity contribution in [2.24, 2.45) is 0 Å². The molecule has 0 fully saturated rings. The van der Waals surface area contributed by atoms with Gasteiger partial charge in [-0.1, -0.05) is 36.2 Å². The highest BCUT2D eigenvalue weighted by Gasteiger charge is 2.20. The van der Waals surface area contributed by atoms with Crippen molar-refractivity contribution in [3.8, 4) is 0 Å². The van der Waals surface area contributed by atoms with Crippen LogP contribution in [0, 0.1) is 0 Å². The van der Waals surface area contributed by atoms with E-state index in [1.807, 2.05) is 0 Å². The average molecular weight is 348 g/mol. The van der Waals surface area contributed by atoms with Crippen LogP contribution in [0.3, 0.4) is 0 Å². The third-order valence-electron chi connectivity index (χ3n) is 2.91. The van der Waals surface area contributed by atoms with Gasteiger partial charge in [-0.05, 0) is 43.7 Å². The van der Waals surface area contributed by atoms with Crippen LogP contribution in [0.4, 0.5) is 0 Å². The molecule has 19 heavy (non-hydrogen) atoms. The number of hydrogen-bond acceptors (Lipinski definition) is 3. The Bertz CT molecular complexity index is 471. The van der Waals surface area contributed by atoms with E-state index >= 15 is 0 Å². The van der Waals surface area contributed by atoms with Crippen molar-refractivity contribution in [1.29, 1.82) is 0 Å². The molecule has 0 heterocycles. The molecule has 0 aromatic heterocycles. The number of sulfone groups is 1. The lowest BCUT2D eigenvalue weighted by Crippen LogP contribution is -2.36. The minimum atomic E-state index is -3.21. The molecule has 0 aliphatic carbocycles. The van der Waals surface area contributed by atoms with Gasteiger partial charge in [-0.3, -0.25) is 0 Å². The highest BCUT2D eigenvalue weighted by atomic mass is 79.9. The first-order valence-corrected chi connectivity index (χ1v) is 9.15. The zero-order valence-corrected chi connectivity index (χ0v) is 13.9. The first kappa shape index (κ1) is 16.7. The van der Waals surface area contributed by atoms with Gasteiger partial charge in [0.05, 0.1) is 10.6 Å². The molecule has 1 unspecified atom stereocenters. The van der Waals surface area contributed by atoms with Crippen molar-refractivity contribution < 1.29 is 8.42 Å². The largest absolute Gasteiger partial charge is 0.313 e. The zero-order valence-electron chi connectivity index (χ0n) is 11.5. The average Bonchev–Trinajstić information content (AvgIpc) is 2.36. The minimum Gasteiger partial charge on any atom is -0.313 e. The number of benzene rings is 1. The van der Waals surface area contributed by atoms with Crippen molar-refractivity contribution in [2.45, 2.75) is 44.0 Å². The molecule has 0 saturated carbocycles. The van der Waals surface area contributed by atoms with E-state index in [-0.39, 0.29) is 11.8 Å². The summed E-state index contributed by atoms with van der Waals surface area (Å²) in [5.41, 5.74) is 0. The van der Waals surface area contributed by atoms with Crippen molar-refractivity contribution in [3.05, 3.63) is 28.7 Å². The fraction of sp³-hybridized carbons (Fsp3) is 0.571. The molecule has 1 aromatic rings. The maximum atomic E-state index is 12.3. The van der Waals surface area contributed by atoms with Crippen LogP contribution in [0.2, 0.25) is 0 Å². The molecule has 0 aliphatic heterocycles. The van der Waals surface area contributed by atoms with Crippen LogP contribution in [0.5, 0.6) is 0 Å². The highest BCUT2D eigenvalue weighted by molar-refractivity contribution is 9.10. The second-order valence-electron chi connectivity index (χ2n) is 4.68. The number of nitrogens with one attached hydrogen (secondary N) is 1. The summed E-state index contributed by atoms with van der Waals surface area (Å²) in [6, 6.07) is 6.88. The van der Waals surface area contributed by atoms with Crippen LogP contribution in [-0.4, -0.2) is 26.8 Å². The number of halogens is 1. The van der Waals surface area contributed by atoms with Gasteiger partial charge in [-0.25, -0.2) is 8.42 Å². The Morgan fingerprint density at radius 2 is 1.79 bits per heavy atom. The fourth-order valence-electron chi connectivity index (χ4n) is 1.94. The lowest BCUT2D eigenvalue weighted by molar-refractivity contribution is 0.500. The Balaban J connectivity index is 2.78. The topological polar surface area (TPSA) is 46.2 Å². The van der Waals surface area contributed by atoms with Gasteiger partial charge in [-0.15, -0.1) is 0 Å². The molecule has 1 rings (SSSR count). The van der Waals surface area contributed by atoms with E-state index in [1.165, 1.54) is 0 Å². The lowest BCUT2D eigenvalue weighted by atomic mass is 10.2. The van der Waals surface area contributed by atoms with E-state index in [1.54, 1.807) is 24.3 Å². The van der Waals surface area contributed by atoms with Gasteiger partial charge in [0.15, 0.2) is 9.84 Å². The summed E-state index contributed by atoms with van der Waals surface area (Å²) < 4.78 is 25.6. The lowest BCUT2D eigenvalue weighted by Gasteiger charge is -2.17. The van der Waals surface area contributed by atoms with Crippen LogP contribution in [0.25, 0.3) is 0 Å². The predicted octanol–water partition coefficient (Wildman–Crippen LogP) is 3.39. The molecule has 0 saturated heterocycles. The van der Waals surface area contributed by atoms with Crippen LogP contribution < -0.4 is 5.32 Å². The molecule has 0 radical (unpaired) electrons. The Labute approximate surface area is 124 Å². The van der Waals surface area contributed by atoms with E-state index in [0.29, 0.717) is 4.90 Å². The van der Waals surface area contributed by atoms with Gasteiger partial charge in [0.25, 0.3) is 0 Å². The highest BCUT2D eigenvalue weighted by Crippen LogP contribution is 2.17. The number of hydrogen-bond donors (Lipinski definition) is 1. The van der Waals surface area contributed by atoms with Crippen LogP contribution >= 0.6 is 15.9 Å². The first-order chi connectivity index (χ1) is 8.99. The van der Waals surface area contributed by atoms with E-state index in [4.69, 9.17) is 0 Å². The normalized spacial score (nSPS) is 13.4. The molecular formula is C14H22BrNO2S. The molecule has 3 nitrogen and oxygen atoms in total. The van der Waals surface area contributed by atoms with Crippen molar-refractivity contribution in [2.75, 3.05) is 12.3 Å². The quantitative estimate of drug-likeness (QED) is 0.783. The van der Waals surface area contributed by atoms with Crippen molar-refractivity contribution in [1.82, 2.24) is 5.32 Å². The first-order valence-electron chi connectivity index (χ1n) is 6.71. The summed E-state index contributed by atoms with van der Waals surface area (Å²) in [5.74, 6) is 0.169. The summed E-state index contributed by atoms with van der Waals surface area (Å²) in [4.78, 5) is 0.398. The minimum absolute atomic E-state index is 0.0404. The third-order valence-corrected chi connectivity index (χ3v) is 5.27. The second-order valence-corrected chi connectivity index (χ2v) is 7.62. The molecule has 0 amide bonds. The molecule has 1 aromatic carbocycles. The van der Waals surface area contributed by atoms with Gasteiger partial charge in [-0.2, -0.15) is 0 Å². The standard InChI is InChI=1S/C14H22BrNO2S/c1-3-5-13(16-10-4-2)11-19(17,18)14-8-6-12(15)7-9-14/h6-9,13,16H,3-5,10-11H2,1-2H3. The van der Waals surface area contributed by atoms with Gasteiger partial charge in [0.2, 0.25) is 0 Å². The van der Waals surface area contributed by atoms with Gasteiger partial charge in [0.1, 0.15) is 0 Å². The van der Waals surface area contributed by atoms with E-state index in [2.05, 4.69) is 35.1 Å². The zero-order chi connectivity index (χ0) is 14.3. The van der Waals surface area contributed by atoms with Crippen molar-refractivity contribution in [3.63, 3.8) is 0 Å². The van der Waals surface area contributed by atoms with Crippen LogP contribution in [-0.2, 0) is 9.84 Å². The SMILES string of the molecule is CCCNC(CCC)CS(=O)(=O)c1ccc(Br)cc1. The smallest absolute Gasteiger partial charge is 0.179 e. The Kier molecular flexibility index (Phi) is 7.04. The van der Waals surface area contributed by atoms with E-state index in [0.717, 1.165) is 30.3 Å². The molecule has 1 N–H and O–H groups in total. The van der Waals surface area contributed by atoms with Crippen molar-refractivity contribution >= 4 is 25.8 Å². The van der Waals surface area contributed by atoms with Gasteiger partial charge < -0.3 is 5.32 Å². The summed E-state index contributed by atoms with van der Waals surface area (Å²) in [5, 5.41) is 3.32. The van der Waals surface area contributed by atoms with Crippen LogP contribution in [0.1, 0.15) is 33.1 Å². The molecule has 108 valence electrons. The molecule has 5 heteroatoms. The monoisotopic (exact) mass is 347 g/mol. The Hall–Kier alpha value is -0.390. The van der Waals surface area contributed by atoms with Crippen LogP contribution in [0.15, 0.2) is 33.6 Å². The molecule has 0 bridgehead atoms. The molecule has 1 atom stereocenters. The maximum absolute atomic E-state index is 12.3. The maximum Gasteiger partial charge on any atom is 0.179 e. The molecule has 0 aliphatic rings. The van der Waals surface area contributed by atoms with Gasteiger partial charge in [0, 0.05) is 10.5 Å². The molecular weight excluding hydrogens is 326 g/mol. The predicted molar refractivity (Wildman–Crippen MR) is 83.2 cm³/mol. The second kappa shape index (κ2) is 8.02. The summed E-state index contributed by atoms with van der Waals surface area (Å²) in [6.07, 6.45) is 2.88. The van der Waals surface area contributed by atoms with E-state index in [9.17, 15) is 8.42 Å². The fourth-order valence-corrected chi connectivity index (χ4v) is 3.77. The Morgan fingerprint density at radius 1 is 1.16 bits per heavy atom. The molecule has 0 spiro atoms. The summed E-state index contributed by atoms with van der Waals surface area (Å²) in [6.45, 7) is 5.02. The Morgan fingerprint density at radius 3 is 2.32 bits per heavy atom. The third kappa shape index (κ3) is 5.63. The van der Waals surface area contributed by atoms with Gasteiger partial charge >= 0.3 is 0 Å². The summed E-state index contributed by atoms with van der Waals surface area (Å²) >= 11 is 3.31. The summed E-state index contributed by atoms with van der Waals surface area (Å²) in [7, 11) is -3.21.